The molecule has 7 nitrogen and oxygen atoms in total. The Labute approximate surface area is 169 Å². The van der Waals surface area contributed by atoms with Gasteiger partial charge in [-0.25, -0.2) is 0 Å². The summed E-state index contributed by atoms with van der Waals surface area (Å²) in [5.41, 5.74) is 5.81. The molecule has 4 rings (SSSR count). The number of carbonyl (C=O) groups is 1. The molecule has 0 atom stereocenters. The topological polar surface area (TPSA) is 92.3 Å². The fourth-order valence-electron chi connectivity index (χ4n) is 3.46. The molecule has 7 heteroatoms. The van der Waals surface area contributed by atoms with Gasteiger partial charge in [0.15, 0.2) is 0 Å². The van der Waals surface area contributed by atoms with Crippen molar-refractivity contribution in [2.45, 2.75) is 25.7 Å². The molecule has 29 heavy (non-hydrogen) atoms. The van der Waals surface area contributed by atoms with Crippen molar-refractivity contribution in [3.63, 3.8) is 0 Å². The van der Waals surface area contributed by atoms with Crippen LogP contribution < -0.4 is 10.1 Å². The van der Waals surface area contributed by atoms with Gasteiger partial charge in [0.05, 0.1) is 12.8 Å². The van der Waals surface area contributed by atoms with E-state index < -0.39 is 0 Å². The fraction of sp³-hybridized carbons (Fsp3) is 0.273. The number of aromatic amines is 1. The van der Waals surface area contributed by atoms with E-state index in [2.05, 4.69) is 37.9 Å². The van der Waals surface area contributed by atoms with E-state index in [0.29, 0.717) is 18.7 Å². The molecule has 0 fully saturated rings. The molecule has 0 saturated heterocycles. The maximum absolute atomic E-state index is 11.5. The van der Waals surface area contributed by atoms with Gasteiger partial charge in [-0.1, -0.05) is 24.3 Å². The number of aryl methyl sites for hydroxylation is 2. The molecule has 3 aromatic rings. The van der Waals surface area contributed by atoms with E-state index >= 15 is 0 Å². The molecule has 148 valence electrons. The fourth-order valence-corrected chi connectivity index (χ4v) is 3.46. The molecule has 0 spiro atoms. The number of aromatic nitrogens is 3. The first-order chi connectivity index (χ1) is 14.2. The summed E-state index contributed by atoms with van der Waals surface area (Å²) < 4.78 is 5.94. The average Bonchev–Trinajstić information content (AvgIpc) is 3.20. The number of nitrogens with zero attached hydrogens (tertiary/aromatic N) is 3. The van der Waals surface area contributed by atoms with Crippen molar-refractivity contribution in [3.8, 4) is 17.0 Å². The highest BCUT2D eigenvalue weighted by atomic mass is 16.5. The van der Waals surface area contributed by atoms with E-state index in [1.165, 1.54) is 11.1 Å². The van der Waals surface area contributed by atoms with Crippen LogP contribution in [-0.4, -0.2) is 41.2 Å². The first kappa shape index (κ1) is 18.9. The molecule has 2 N–H and O–H groups in total. The maximum Gasteiger partial charge on any atom is 0.224 e. The average molecular weight is 389 g/mol. The minimum absolute atomic E-state index is 0.0978. The molecule has 0 bridgehead atoms. The molecule has 2 aromatic carbocycles. The van der Waals surface area contributed by atoms with Crippen LogP contribution in [0.25, 0.3) is 11.3 Å². The quantitative estimate of drug-likeness (QED) is 0.478. The summed E-state index contributed by atoms with van der Waals surface area (Å²) in [6.07, 6.45) is 4.89. The highest BCUT2D eigenvalue weighted by Gasteiger charge is 2.14. The van der Waals surface area contributed by atoms with Gasteiger partial charge in [-0.15, -0.1) is 0 Å². The Morgan fingerprint density at radius 3 is 3.00 bits per heavy atom. The molecule has 0 aliphatic carbocycles. The molecule has 0 saturated carbocycles. The van der Waals surface area contributed by atoms with Gasteiger partial charge in [0.1, 0.15) is 17.1 Å². The van der Waals surface area contributed by atoms with Gasteiger partial charge in [0.25, 0.3) is 0 Å². The van der Waals surface area contributed by atoms with Crippen LogP contribution >= 0.6 is 0 Å². The third-order valence-electron chi connectivity index (χ3n) is 4.88. The first-order valence-corrected chi connectivity index (χ1v) is 9.71. The van der Waals surface area contributed by atoms with Crippen molar-refractivity contribution >= 4 is 17.8 Å². The monoisotopic (exact) mass is 389 g/mol. The van der Waals surface area contributed by atoms with Gasteiger partial charge in [-0.2, -0.15) is 15.4 Å². The van der Waals surface area contributed by atoms with E-state index in [9.17, 15) is 4.79 Å². The number of nitrogens with one attached hydrogen (secondary N) is 2. The van der Waals surface area contributed by atoms with E-state index in [1.807, 2.05) is 30.3 Å². The predicted octanol–water partition coefficient (Wildman–Crippen LogP) is 3.42. The number of aliphatic imine (C=N–C) groups is 1. The lowest BCUT2D eigenvalue weighted by Crippen LogP contribution is -2.19. The third-order valence-corrected chi connectivity index (χ3v) is 4.88. The second kappa shape index (κ2) is 8.68. The minimum atomic E-state index is 0.0978. The van der Waals surface area contributed by atoms with Gasteiger partial charge in [-0.05, 0) is 48.6 Å². The molecule has 1 aromatic heterocycles. The second-order valence-corrected chi connectivity index (χ2v) is 6.96. The van der Waals surface area contributed by atoms with Crippen LogP contribution in [0.4, 0.5) is 5.69 Å². The summed E-state index contributed by atoms with van der Waals surface area (Å²) in [5.74, 6) is 0.902. The number of rotatable bonds is 7. The number of H-pyrrole nitrogens is 1. The van der Waals surface area contributed by atoms with Crippen LogP contribution in [0.2, 0.25) is 0 Å². The van der Waals surface area contributed by atoms with Crippen molar-refractivity contribution in [1.82, 2.24) is 15.4 Å². The van der Waals surface area contributed by atoms with Crippen molar-refractivity contribution in [1.29, 1.82) is 0 Å². The van der Waals surface area contributed by atoms with Crippen LogP contribution in [0.5, 0.6) is 5.75 Å². The lowest BCUT2D eigenvalue weighted by atomic mass is 9.99. The SMILES string of the molecule is CN=Cc1n[nH]nc1-c1cccc(OCCCc2ccc3c(c2)CCC(=O)N3)c1. The molecule has 2 heterocycles. The number of benzene rings is 2. The molecule has 1 aliphatic heterocycles. The first-order valence-electron chi connectivity index (χ1n) is 9.71. The van der Waals surface area contributed by atoms with Gasteiger partial charge >= 0.3 is 0 Å². The van der Waals surface area contributed by atoms with Crippen LogP contribution in [-0.2, 0) is 17.6 Å². The highest BCUT2D eigenvalue weighted by Crippen LogP contribution is 2.25. The maximum atomic E-state index is 11.5. The summed E-state index contributed by atoms with van der Waals surface area (Å²) in [7, 11) is 1.70. The molecular formula is C22H23N5O2. The van der Waals surface area contributed by atoms with E-state index in [0.717, 1.165) is 42.0 Å². The summed E-state index contributed by atoms with van der Waals surface area (Å²) in [5, 5.41) is 13.9. The standard InChI is InChI=1S/C22H23N5O2/c1-23-14-20-22(26-27-25-20)17-5-2-6-18(13-17)29-11-3-4-15-7-9-19-16(12-15)8-10-21(28)24-19/h2,5-7,9,12-14H,3-4,8,10-11H2,1H3,(H,24,28)(H,25,26,27). The molecular weight excluding hydrogens is 366 g/mol. The molecule has 0 radical (unpaired) electrons. The zero-order chi connectivity index (χ0) is 20.1. The summed E-state index contributed by atoms with van der Waals surface area (Å²) >= 11 is 0. The summed E-state index contributed by atoms with van der Waals surface area (Å²) in [6, 6.07) is 14.1. The number of hydrogen-bond donors (Lipinski definition) is 2. The van der Waals surface area contributed by atoms with Crippen molar-refractivity contribution in [3.05, 3.63) is 59.3 Å². The lowest BCUT2D eigenvalue weighted by Gasteiger charge is -2.17. The summed E-state index contributed by atoms with van der Waals surface area (Å²) in [6.45, 7) is 0.624. The lowest BCUT2D eigenvalue weighted by molar-refractivity contribution is -0.116. The second-order valence-electron chi connectivity index (χ2n) is 6.96. The molecule has 1 aliphatic rings. The Morgan fingerprint density at radius 1 is 1.17 bits per heavy atom. The number of carbonyl (C=O) groups excluding carboxylic acids is 1. The van der Waals surface area contributed by atoms with Crippen LogP contribution in [0.3, 0.4) is 0 Å². The smallest absolute Gasteiger partial charge is 0.224 e. The van der Waals surface area contributed by atoms with Gasteiger partial charge in [0.2, 0.25) is 5.91 Å². The van der Waals surface area contributed by atoms with Crippen LogP contribution in [0, 0.1) is 0 Å². The number of anilines is 1. The van der Waals surface area contributed by atoms with E-state index in [-0.39, 0.29) is 5.91 Å². The number of hydrogen-bond acceptors (Lipinski definition) is 5. The summed E-state index contributed by atoms with van der Waals surface area (Å²) in [4.78, 5) is 15.5. The molecule has 1 amide bonds. The normalized spacial score (nSPS) is 13.3. The zero-order valence-corrected chi connectivity index (χ0v) is 16.3. The Bertz CT molecular complexity index is 1040. The van der Waals surface area contributed by atoms with Gasteiger partial charge < -0.3 is 10.1 Å². The van der Waals surface area contributed by atoms with Crippen molar-refractivity contribution in [2.75, 3.05) is 19.0 Å². The van der Waals surface area contributed by atoms with E-state index in [4.69, 9.17) is 4.74 Å². The van der Waals surface area contributed by atoms with Crippen molar-refractivity contribution < 1.29 is 9.53 Å². The Hall–Kier alpha value is -3.48. The Kier molecular flexibility index (Phi) is 5.65. The van der Waals surface area contributed by atoms with Gasteiger partial charge in [0, 0.05) is 24.7 Å². The van der Waals surface area contributed by atoms with Crippen LogP contribution in [0.1, 0.15) is 29.7 Å². The Morgan fingerprint density at radius 2 is 2.10 bits per heavy atom. The minimum Gasteiger partial charge on any atom is -0.494 e. The number of ether oxygens (including phenoxy) is 1. The van der Waals surface area contributed by atoms with Crippen molar-refractivity contribution in [2.24, 2.45) is 4.99 Å². The van der Waals surface area contributed by atoms with E-state index in [1.54, 1.807) is 13.3 Å². The number of amides is 1. The number of fused-ring (bicyclic) bond motifs is 1. The largest absolute Gasteiger partial charge is 0.494 e. The van der Waals surface area contributed by atoms with Gasteiger partial charge in [-0.3, -0.25) is 9.79 Å². The third kappa shape index (κ3) is 4.51. The predicted molar refractivity (Wildman–Crippen MR) is 113 cm³/mol. The van der Waals surface area contributed by atoms with Crippen LogP contribution in [0.15, 0.2) is 47.5 Å². The molecule has 0 unspecified atom stereocenters. The Balaban J connectivity index is 1.33. The zero-order valence-electron chi connectivity index (χ0n) is 16.3. The highest BCUT2D eigenvalue weighted by molar-refractivity contribution is 5.93.